The number of benzene rings is 2. The third-order valence-corrected chi connectivity index (χ3v) is 7.07. The van der Waals surface area contributed by atoms with E-state index in [1.807, 2.05) is 56.3 Å². The summed E-state index contributed by atoms with van der Waals surface area (Å²) in [5.74, 6) is 0. The first-order chi connectivity index (χ1) is 9.60. The van der Waals surface area contributed by atoms with Crippen molar-refractivity contribution in [3.8, 4) is 0 Å². The Hall–Kier alpha value is -0.670. The SMILES string of the molecule is CCOP(=O)(OCC)C(Br)c1ccc2ccccc2c1. The third-order valence-electron chi connectivity index (χ3n) is 2.94. The van der Waals surface area contributed by atoms with E-state index < -0.39 is 12.2 Å². The minimum absolute atomic E-state index is 0.354. The first-order valence-corrected chi connectivity index (χ1v) is 9.15. The molecule has 0 radical (unpaired) electrons. The van der Waals surface area contributed by atoms with Gasteiger partial charge >= 0.3 is 7.60 Å². The van der Waals surface area contributed by atoms with Gasteiger partial charge in [0.2, 0.25) is 0 Å². The second-order valence-corrected chi connectivity index (χ2v) is 8.05. The van der Waals surface area contributed by atoms with E-state index in [0.29, 0.717) is 13.2 Å². The van der Waals surface area contributed by atoms with Crippen LogP contribution in [-0.2, 0) is 13.6 Å². The summed E-state index contributed by atoms with van der Waals surface area (Å²) in [5, 5.41) is 2.26. The van der Waals surface area contributed by atoms with E-state index >= 15 is 0 Å². The molecule has 0 N–H and O–H groups in total. The fraction of sp³-hybridized carbons (Fsp3) is 0.333. The summed E-state index contributed by atoms with van der Waals surface area (Å²) in [6.07, 6.45) is 0. The minimum Gasteiger partial charge on any atom is -0.308 e. The molecule has 0 spiro atoms. The molecule has 0 aliphatic heterocycles. The predicted octanol–water partition coefficient (Wildman–Crippen LogP) is 5.50. The van der Waals surface area contributed by atoms with Crippen molar-refractivity contribution in [3.63, 3.8) is 0 Å². The second-order valence-electron chi connectivity index (χ2n) is 4.32. The van der Waals surface area contributed by atoms with E-state index in [1.165, 1.54) is 0 Å². The zero-order valence-electron chi connectivity index (χ0n) is 11.6. The summed E-state index contributed by atoms with van der Waals surface area (Å²) in [5.41, 5.74) is 0.897. The molecule has 108 valence electrons. The minimum atomic E-state index is -3.19. The van der Waals surface area contributed by atoms with Gasteiger partial charge in [-0.1, -0.05) is 52.3 Å². The maximum Gasteiger partial charge on any atom is 0.348 e. The van der Waals surface area contributed by atoms with Crippen LogP contribution in [-0.4, -0.2) is 13.2 Å². The molecular formula is C15H18BrO3P. The van der Waals surface area contributed by atoms with Crippen LogP contribution in [0.15, 0.2) is 42.5 Å². The lowest BCUT2D eigenvalue weighted by Gasteiger charge is -2.22. The molecule has 2 aromatic rings. The summed E-state index contributed by atoms with van der Waals surface area (Å²) >= 11 is 3.48. The molecule has 2 rings (SSSR count). The van der Waals surface area contributed by atoms with Crippen LogP contribution in [0.25, 0.3) is 10.8 Å². The molecule has 5 heteroatoms. The van der Waals surface area contributed by atoms with Crippen LogP contribution in [0.3, 0.4) is 0 Å². The molecule has 0 heterocycles. The molecule has 0 saturated carbocycles. The van der Waals surface area contributed by atoms with Gasteiger partial charge in [-0.05, 0) is 36.2 Å². The molecular weight excluding hydrogens is 339 g/mol. The van der Waals surface area contributed by atoms with Gasteiger partial charge in [-0.3, -0.25) is 4.57 Å². The molecule has 20 heavy (non-hydrogen) atoms. The molecule has 3 nitrogen and oxygen atoms in total. The second kappa shape index (κ2) is 6.86. The van der Waals surface area contributed by atoms with E-state index in [2.05, 4.69) is 15.9 Å². The topological polar surface area (TPSA) is 35.5 Å². The highest BCUT2D eigenvalue weighted by Crippen LogP contribution is 2.64. The van der Waals surface area contributed by atoms with Gasteiger partial charge in [-0.25, -0.2) is 0 Å². The molecule has 0 bridgehead atoms. The van der Waals surface area contributed by atoms with Crippen molar-refractivity contribution in [2.24, 2.45) is 0 Å². The normalized spacial score (nSPS) is 13.6. The van der Waals surface area contributed by atoms with E-state index in [0.717, 1.165) is 16.3 Å². The number of fused-ring (bicyclic) bond motifs is 1. The molecule has 1 atom stereocenters. The Bertz CT molecular complexity index is 619. The van der Waals surface area contributed by atoms with Crippen molar-refractivity contribution < 1.29 is 13.6 Å². The highest BCUT2D eigenvalue weighted by atomic mass is 79.9. The van der Waals surface area contributed by atoms with Crippen molar-refractivity contribution >= 4 is 34.3 Å². The van der Waals surface area contributed by atoms with Crippen LogP contribution >= 0.6 is 23.5 Å². The summed E-state index contributed by atoms with van der Waals surface area (Å²) in [4.78, 5) is 0. The van der Waals surface area contributed by atoms with Crippen molar-refractivity contribution in [2.45, 2.75) is 18.4 Å². The van der Waals surface area contributed by atoms with Gasteiger partial charge in [-0.15, -0.1) is 0 Å². The molecule has 2 aromatic carbocycles. The maximum absolute atomic E-state index is 12.8. The van der Waals surface area contributed by atoms with Gasteiger partial charge < -0.3 is 9.05 Å². The molecule has 0 fully saturated rings. The summed E-state index contributed by atoms with van der Waals surface area (Å²) in [6, 6.07) is 14.0. The average Bonchev–Trinajstić information content (AvgIpc) is 2.46. The standard InChI is InChI=1S/C15H18BrO3P/c1-3-18-20(17,19-4-2)15(16)14-10-9-12-7-5-6-8-13(12)11-14/h5-11,15H,3-4H2,1-2H3. The number of hydrogen-bond acceptors (Lipinski definition) is 3. The summed E-state index contributed by atoms with van der Waals surface area (Å²) in [6.45, 7) is 4.33. The van der Waals surface area contributed by atoms with E-state index in [9.17, 15) is 4.57 Å². The van der Waals surface area contributed by atoms with Crippen LogP contribution in [0.1, 0.15) is 24.0 Å². The van der Waals surface area contributed by atoms with E-state index in [-0.39, 0.29) is 0 Å². The highest BCUT2D eigenvalue weighted by molar-refractivity contribution is 9.10. The quantitative estimate of drug-likeness (QED) is 0.506. The lowest BCUT2D eigenvalue weighted by Crippen LogP contribution is -2.01. The van der Waals surface area contributed by atoms with Gasteiger partial charge in [0.15, 0.2) is 0 Å². The van der Waals surface area contributed by atoms with Gasteiger partial charge in [-0.2, -0.15) is 0 Å². The van der Waals surface area contributed by atoms with Crippen LogP contribution < -0.4 is 0 Å². The third kappa shape index (κ3) is 3.32. The Balaban J connectivity index is 2.38. The monoisotopic (exact) mass is 356 g/mol. The van der Waals surface area contributed by atoms with Crippen LogP contribution in [0.2, 0.25) is 0 Å². The predicted molar refractivity (Wildman–Crippen MR) is 86.5 cm³/mol. The van der Waals surface area contributed by atoms with E-state index in [1.54, 1.807) is 0 Å². The first kappa shape index (κ1) is 15.7. The zero-order valence-corrected chi connectivity index (χ0v) is 14.1. The van der Waals surface area contributed by atoms with Crippen molar-refractivity contribution in [1.82, 2.24) is 0 Å². The number of halogens is 1. The first-order valence-electron chi connectivity index (χ1n) is 6.62. The smallest absolute Gasteiger partial charge is 0.308 e. The van der Waals surface area contributed by atoms with Gasteiger partial charge in [0, 0.05) is 0 Å². The molecule has 0 aromatic heterocycles. The van der Waals surface area contributed by atoms with Crippen LogP contribution in [0.4, 0.5) is 0 Å². The summed E-state index contributed by atoms with van der Waals surface area (Å²) in [7, 11) is -3.19. The largest absolute Gasteiger partial charge is 0.348 e. The van der Waals surface area contributed by atoms with Gasteiger partial charge in [0.25, 0.3) is 0 Å². The van der Waals surface area contributed by atoms with Gasteiger partial charge in [0.1, 0.15) is 4.57 Å². The fourth-order valence-corrected chi connectivity index (χ4v) is 4.64. The lowest BCUT2D eigenvalue weighted by atomic mass is 10.1. The number of alkyl halides is 1. The average molecular weight is 357 g/mol. The Morgan fingerprint density at radius 2 is 1.65 bits per heavy atom. The van der Waals surface area contributed by atoms with Gasteiger partial charge in [0.05, 0.1) is 13.2 Å². The van der Waals surface area contributed by atoms with E-state index in [4.69, 9.17) is 9.05 Å². The number of rotatable bonds is 6. The molecule has 1 unspecified atom stereocenters. The Morgan fingerprint density at radius 3 is 2.25 bits per heavy atom. The summed E-state index contributed by atoms with van der Waals surface area (Å²) < 4.78 is 23.1. The number of hydrogen-bond donors (Lipinski definition) is 0. The van der Waals surface area contributed by atoms with Crippen molar-refractivity contribution in [2.75, 3.05) is 13.2 Å². The van der Waals surface area contributed by atoms with Crippen molar-refractivity contribution in [3.05, 3.63) is 48.0 Å². The maximum atomic E-state index is 12.8. The Kier molecular flexibility index (Phi) is 5.39. The zero-order chi connectivity index (χ0) is 14.6. The van der Waals surface area contributed by atoms with Crippen molar-refractivity contribution in [1.29, 1.82) is 0 Å². The molecule has 0 aliphatic carbocycles. The van der Waals surface area contributed by atoms with Crippen LogP contribution in [0, 0.1) is 0 Å². The Morgan fingerprint density at radius 1 is 1.05 bits per heavy atom. The molecule has 0 saturated heterocycles. The molecule has 0 aliphatic rings. The molecule has 0 amide bonds. The Labute approximate surface area is 127 Å². The fourth-order valence-electron chi connectivity index (χ4n) is 2.07. The highest BCUT2D eigenvalue weighted by Gasteiger charge is 2.34. The lowest BCUT2D eigenvalue weighted by molar-refractivity contribution is 0.219. The van der Waals surface area contributed by atoms with Crippen LogP contribution in [0.5, 0.6) is 0 Å².